The van der Waals surface area contributed by atoms with Crippen LogP contribution in [-0.4, -0.2) is 12.6 Å². The second-order valence-electron chi connectivity index (χ2n) is 4.34. The minimum atomic E-state index is -0.453. The van der Waals surface area contributed by atoms with Gasteiger partial charge in [0.1, 0.15) is 0 Å². The first kappa shape index (κ1) is 15.5. The van der Waals surface area contributed by atoms with E-state index in [2.05, 4.69) is 38.7 Å². The number of carbonyl (C=O) groups excluding carboxylic acids is 1. The molecule has 0 atom stereocenters. The summed E-state index contributed by atoms with van der Waals surface area (Å²) >= 11 is 0. The molecule has 0 bridgehead atoms. The molecular weight excluding hydrogens is 214 g/mol. The maximum atomic E-state index is 11.1. The summed E-state index contributed by atoms with van der Waals surface area (Å²) in [6, 6.07) is 0. The zero-order chi connectivity index (χ0) is 13.3. The van der Waals surface area contributed by atoms with Crippen LogP contribution < -0.4 is 5.32 Å². The number of carbonyl (C=O) groups is 1. The highest BCUT2D eigenvalue weighted by Gasteiger charge is 1.99. The van der Waals surface area contributed by atoms with Crippen LogP contribution in [0, 0.1) is 0 Å². The number of ether oxygens (including phenoxy) is 1. The van der Waals surface area contributed by atoms with E-state index in [4.69, 9.17) is 4.74 Å². The van der Waals surface area contributed by atoms with Crippen molar-refractivity contribution in [1.29, 1.82) is 0 Å². The predicted octanol–water partition coefficient (Wildman–Crippen LogP) is 3.94. The van der Waals surface area contributed by atoms with Crippen molar-refractivity contribution in [3.05, 3.63) is 35.6 Å². The third kappa shape index (κ3) is 10.8. The minimum Gasteiger partial charge on any atom is -0.416 e. The third-order valence-corrected chi connectivity index (χ3v) is 2.06. The Bertz CT molecular complexity index is 323. The van der Waals surface area contributed by atoms with Gasteiger partial charge in [-0.3, -0.25) is 0 Å². The molecule has 17 heavy (non-hydrogen) atoms. The maximum Gasteiger partial charge on any atom is 0.412 e. The molecule has 0 spiro atoms. The zero-order valence-corrected chi connectivity index (χ0v) is 11.3. The number of allylic oxidation sites excluding steroid dienone is 4. The first-order valence-corrected chi connectivity index (χ1v) is 5.82. The predicted molar refractivity (Wildman–Crippen MR) is 71.7 cm³/mol. The molecule has 0 fully saturated rings. The first-order chi connectivity index (χ1) is 7.91. The smallest absolute Gasteiger partial charge is 0.412 e. The first-order valence-electron chi connectivity index (χ1n) is 5.82. The van der Waals surface area contributed by atoms with E-state index in [1.807, 2.05) is 6.08 Å². The van der Waals surface area contributed by atoms with Gasteiger partial charge < -0.3 is 10.1 Å². The Morgan fingerprint density at radius 1 is 1.24 bits per heavy atom. The second-order valence-corrected chi connectivity index (χ2v) is 4.34. The Balaban J connectivity index is 3.80. The summed E-state index contributed by atoms with van der Waals surface area (Å²) in [5.74, 6) is 0.395. The Hall–Kier alpha value is -1.51. The molecule has 0 aliphatic rings. The number of hydrogen-bond donors (Lipinski definition) is 1. The summed E-state index contributed by atoms with van der Waals surface area (Å²) in [5, 5.41) is 2.63. The average molecular weight is 237 g/mol. The molecule has 0 saturated heterocycles. The molecule has 0 saturated carbocycles. The molecule has 1 N–H and O–H groups in total. The molecule has 3 nitrogen and oxygen atoms in total. The lowest BCUT2D eigenvalue weighted by atomic mass is 10.1. The van der Waals surface area contributed by atoms with E-state index in [0.717, 1.165) is 12.8 Å². The van der Waals surface area contributed by atoms with E-state index < -0.39 is 6.09 Å². The van der Waals surface area contributed by atoms with Gasteiger partial charge in [0.15, 0.2) is 0 Å². The molecule has 0 aromatic carbocycles. The van der Waals surface area contributed by atoms with Crippen LogP contribution in [0.15, 0.2) is 35.6 Å². The van der Waals surface area contributed by atoms with Crippen LogP contribution in [0.25, 0.3) is 0 Å². The molecule has 0 aromatic heterocycles. The Morgan fingerprint density at radius 3 is 2.41 bits per heavy atom. The van der Waals surface area contributed by atoms with Crippen LogP contribution in [0.2, 0.25) is 0 Å². The summed E-state index contributed by atoms with van der Waals surface area (Å²) in [6.45, 7) is 11.9. The van der Waals surface area contributed by atoms with Crippen LogP contribution in [-0.2, 0) is 4.74 Å². The number of alkyl carbamates (subject to hydrolysis) is 1. The van der Waals surface area contributed by atoms with Crippen molar-refractivity contribution in [2.45, 2.75) is 40.5 Å². The lowest BCUT2D eigenvalue weighted by Crippen LogP contribution is -2.23. The van der Waals surface area contributed by atoms with Crippen LogP contribution in [0.1, 0.15) is 40.5 Å². The third-order valence-electron chi connectivity index (χ3n) is 2.06. The zero-order valence-electron chi connectivity index (χ0n) is 11.3. The second kappa shape index (κ2) is 8.62. The van der Waals surface area contributed by atoms with Crippen LogP contribution >= 0.6 is 0 Å². The monoisotopic (exact) mass is 237 g/mol. The van der Waals surface area contributed by atoms with Gasteiger partial charge in [0, 0.05) is 6.54 Å². The fourth-order valence-electron chi connectivity index (χ4n) is 1.19. The normalized spacial score (nSPS) is 10.7. The van der Waals surface area contributed by atoms with Crippen molar-refractivity contribution in [3.8, 4) is 0 Å². The molecule has 96 valence electrons. The van der Waals surface area contributed by atoms with Crippen molar-refractivity contribution in [2.24, 2.45) is 0 Å². The van der Waals surface area contributed by atoms with Crippen LogP contribution in [0.4, 0.5) is 4.79 Å². The van der Waals surface area contributed by atoms with Crippen LogP contribution in [0.5, 0.6) is 0 Å². The van der Waals surface area contributed by atoms with Gasteiger partial charge in [-0.25, -0.2) is 4.79 Å². The number of amides is 1. The fraction of sp³-hybridized carbons (Fsp3) is 0.500. The summed E-state index contributed by atoms with van der Waals surface area (Å²) < 4.78 is 4.76. The van der Waals surface area contributed by atoms with E-state index in [9.17, 15) is 4.79 Å². The highest BCUT2D eigenvalue weighted by molar-refractivity contribution is 5.68. The Labute approximate surface area is 104 Å². The molecule has 1 amide bonds. The van der Waals surface area contributed by atoms with Crippen molar-refractivity contribution in [3.63, 3.8) is 0 Å². The molecule has 3 heteroatoms. The highest BCUT2D eigenvalue weighted by Crippen LogP contribution is 2.05. The Morgan fingerprint density at radius 2 is 1.88 bits per heavy atom. The molecule has 0 unspecified atom stereocenters. The quantitative estimate of drug-likeness (QED) is 0.561. The van der Waals surface area contributed by atoms with Crippen molar-refractivity contribution < 1.29 is 9.53 Å². The van der Waals surface area contributed by atoms with Gasteiger partial charge in [0.05, 0.1) is 5.76 Å². The molecule has 0 aliphatic heterocycles. The molecule has 0 heterocycles. The number of hydrogen-bond acceptors (Lipinski definition) is 2. The van der Waals surface area contributed by atoms with Crippen LogP contribution in [0.3, 0.4) is 0 Å². The molecule has 0 rings (SSSR count). The lowest BCUT2D eigenvalue weighted by Gasteiger charge is -2.04. The van der Waals surface area contributed by atoms with Gasteiger partial charge in [-0.05, 0) is 40.5 Å². The summed E-state index contributed by atoms with van der Waals surface area (Å²) in [4.78, 5) is 11.1. The molecule has 0 radical (unpaired) electrons. The van der Waals surface area contributed by atoms with Gasteiger partial charge in [0.25, 0.3) is 0 Å². The largest absolute Gasteiger partial charge is 0.416 e. The molecule has 0 aromatic rings. The van der Waals surface area contributed by atoms with Gasteiger partial charge >= 0.3 is 6.09 Å². The van der Waals surface area contributed by atoms with E-state index in [1.54, 1.807) is 6.92 Å². The number of rotatable bonds is 6. The van der Waals surface area contributed by atoms with E-state index in [0.29, 0.717) is 12.3 Å². The van der Waals surface area contributed by atoms with Gasteiger partial charge in [-0.2, -0.15) is 0 Å². The summed E-state index contributed by atoms with van der Waals surface area (Å²) in [5.41, 5.74) is 2.60. The maximum absolute atomic E-state index is 11.1. The number of nitrogens with one attached hydrogen (secondary N) is 1. The SMILES string of the molecule is C=C(C)OC(=O)NCC=C(C)CCC=C(C)C. The summed E-state index contributed by atoms with van der Waals surface area (Å²) in [7, 11) is 0. The fourth-order valence-corrected chi connectivity index (χ4v) is 1.19. The topological polar surface area (TPSA) is 38.3 Å². The Kier molecular flexibility index (Phi) is 7.85. The molecular formula is C14H23NO2. The van der Waals surface area contributed by atoms with Crippen molar-refractivity contribution in [1.82, 2.24) is 5.32 Å². The summed E-state index contributed by atoms with van der Waals surface area (Å²) in [6.07, 6.45) is 5.81. The standard InChI is InChI=1S/C14H23NO2/c1-11(2)7-6-8-13(5)9-10-15-14(16)17-12(3)4/h7,9H,3,6,8,10H2,1-2,4-5H3,(H,15,16). The van der Waals surface area contributed by atoms with E-state index in [1.165, 1.54) is 11.1 Å². The van der Waals surface area contributed by atoms with Gasteiger partial charge in [-0.15, -0.1) is 0 Å². The molecule has 0 aliphatic carbocycles. The minimum absolute atomic E-state index is 0.395. The van der Waals surface area contributed by atoms with Crippen molar-refractivity contribution in [2.75, 3.05) is 6.54 Å². The van der Waals surface area contributed by atoms with Crippen molar-refractivity contribution >= 4 is 6.09 Å². The average Bonchev–Trinajstić information content (AvgIpc) is 2.15. The van der Waals surface area contributed by atoms with E-state index in [-0.39, 0.29) is 0 Å². The van der Waals surface area contributed by atoms with Gasteiger partial charge in [-0.1, -0.05) is 29.9 Å². The highest BCUT2D eigenvalue weighted by atomic mass is 16.6. The van der Waals surface area contributed by atoms with Gasteiger partial charge in [0.2, 0.25) is 0 Å². The lowest BCUT2D eigenvalue weighted by molar-refractivity contribution is 0.178. The van der Waals surface area contributed by atoms with E-state index >= 15 is 0 Å².